The topological polar surface area (TPSA) is 49.9 Å². The Labute approximate surface area is 140 Å². The number of nitrogens with zero attached hydrogens (tertiary/aromatic N) is 2. The molecule has 2 aromatic carbocycles. The summed E-state index contributed by atoms with van der Waals surface area (Å²) in [5.74, 6) is 0.449. The molecule has 0 radical (unpaired) electrons. The summed E-state index contributed by atoms with van der Waals surface area (Å²) in [6, 6.07) is 14.7. The minimum absolute atomic E-state index is 0.156. The van der Waals surface area contributed by atoms with Gasteiger partial charge in [0.25, 0.3) is 0 Å². The molecule has 5 heteroatoms. The molecule has 2 aliphatic heterocycles. The van der Waals surface area contributed by atoms with Gasteiger partial charge in [-0.05, 0) is 29.7 Å². The summed E-state index contributed by atoms with van der Waals surface area (Å²) in [5, 5.41) is 0. The van der Waals surface area contributed by atoms with Crippen LogP contribution in [0.15, 0.2) is 48.5 Å². The lowest BCUT2D eigenvalue weighted by Gasteiger charge is -2.43. The molecule has 24 heavy (non-hydrogen) atoms. The average Bonchev–Trinajstić information content (AvgIpc) is 2.62. The van der Waals surface area contributed by atoms with Crippen LogP contribution in [0.2, 0.25) is 0 Å². The number of anilines is 1. The zero-order valence-corrected chi connectivity index (χ0v) is 13.4. The number of carbonyl (C=O) groups excluding carboxylic acids is 2. The Hall–Kier alpha value is -2.82. The number of imide groups is 1. The lowest BCUT2D eigenvalue weighted by Crippen LogP contribution is -2.55. The van der Waals surface area contributed by atoms with Gasteiger partial charge in [-0.3, -0.25) is 4.79 Å². The summed E-state index contributed by atoms with van der Waals surface area (Å²) in [6.45, 7) is 0.633. The number of methoxy groups -OCH3 is 1. The largest absolute Gasteiger partial charge is 0.497 e. The molecule has 122 valence electrons. The molecular formula is C19H18N2O3. The molecule has 2 heterocycles. The van der Waals surface area contributed by atoms with Crippen molar-refractivity contribution in [3.8, 4) is 5.75 Å². The van der Waals surface area contributed by atoms with Crippen molar-refractivity contribution in [2.75, 3.05) is 18.6 Å². The zero-order chi connectivity index (χ0) is 16.7. The molecule has 2 aromatic rings. The predicted molar refractivity (Wildman–Crippen MR) is 90.1 cm³/mol. The highest BCUT2D eigenvalue weighted by atomic mass is 16.5. The molecule has 3 amide bonds. The lowest BCUT2D eigenvalue weighted by molar-refractivity contribution is -0.120. The quantitative estimate of drug-likeness (QED) is 0.853. The zero-order valence-electron chi connectivity index (χ0n) is 13.4. The monoisotopic (exact) mass is 322 g/mol. The Morgan fingerprint density at radius 1 is 1.08 bits per heavy atom. The molecule has 0 saturated carbocycles. The second kappa shape index (κ2) is 5.67. The van der Waals surface area contributed by atoms with Crippen molar-refractivity contribution in [2.45, 2.75) is 18.9 Å². The number of fused-ring (bicyclic) bond motifs is 3. The number of hydrogen-bond acceptors (Lipinski definition) is 3. The van der Waals surface area contributed by atoms with Crippen molar-refractivity contribution >= 4 is 17.6 Å². The van der Waals surface area contributed by atoms with E-state index in [4.69, 9.17) is 4.74 Å². The maximum absolute atomic E-state index is 13.0. The van der Waals surface area contributed by atoms with Crippen LogP contribution in [0.5, 0.6) is 5.75 Å². The number of hydrogen-bond donors (Lipinski definition) is 0. The number of amides is 3. The van der Waals surface area contributed by atoms with Crippen molar-refractivity contribution in [1.82, 2.24) is 4.90 Å². The Kier molecular flexibility index (Phi) is 3.49. The van der Waals surface area contributed by atoms with Crippen LogP contribution in [0.25, 0.3) is 0 Å². The van der Waals surface area contributed by atoms with Gasteiger partial charge in [-0.2, -0.15) is 0 Å². The van der Waals surface area contributed by atoms with Gasteiger partial charge in [0, 0.05) is 12.6 Å². The van der Waals surface area contributed by atoms with Gasteiger partial charge in [0.05, 0.1) is 25.3 Å². The van der Waals surface area contributed by atoms with Crippen LogP contribution in [-0.2, 0) is 11.2 Å². The maximum atomic E-state index is 13.0. The van der Waals surface area contributed by atoms with Crippen LogP contribution in [0.1, 0.15) is 23.6 Å². The standard InChI is InChI=1S/C19H18N2O3/c1-24-15-7-4-6-14(11-15)21-18(22)12-17-16-8-3-2-5-13(16)9-10-20(17)19(21)23/h2-8,11,17H,9-10,12H2,1H3. The van der Waals surface area contributed by atoms with Crippen molar-refractivity contribution in [2.24, 2.45) is 0 Å². The first-order valence-corrected chi connectivity index (χ1v) is 8.04. The first-order valence-electron chi connectivity index (χ1n) is 8.04. The molecule has 1 fully saturated rings. The normalized spacial score (nSPS) is 19.8. The third kappa shape index (κ3) is 2.24. The van der Waals surface area contributed by atoms with Crippen LogP contribution < -0.4 is 9.64 Å². The fourth-order valence-corrected chi connectivity index (χ4v) is 3.60. The SMILES string of the molecule is COc1cccc(N2C(=O)CC3c4ccccc4CCN3C2=O)c1. The number of ether oxygens (including phenoxy) is 1. The van der Waals surface area contributed by atoms with E-state index in [0.29, 0.717) is 24.4 Å². The van der Waals surface area contributed by atoms with E-state index in [9.17, 15) is 9.59 Å². The first kappa shape index (κ1) is 14.8. The van der Waals surface area contributed by atoms with Gasteiger partial charge in [-0.25, -0.2) is 9.69 Å². The maximum Gasteiger partial charge on any atom is 0.331 e. The number of rotatable bonds is 2. The molecule has 0 N–H and O–H groups in total. The molecule has 4 rings (SSSR count). The number of carbonyl (C=O) groups is 2. The van der Waals surface area contributed by atoms with E-state index < -0.39 is 0 Å². The highest BCUT2D eigenvalue weighted by molar-refractivity contribution is 6.16. The summed E-state index contributed by atoms with van der Waals surface area (Å²) in [4.78, 5) is 28.8. The Bertz CT molecular complexity index is 818. The van der Waals surface area contributed by atoms with Crippen LogP contribution in [0.3, 0.4) is 0 Å². The summed E-state index contributed by atoms with van der Waals surface area (Å²) in [6.07, 6.45) is 1.12. The van der Waals surface area contributed by atoms with Gasteiger partial charge in [0.15, 0.2) is 0 Å². The van der Waals surface area contributed by atoms with Crippen molar-refractivity contribution in [3.63, 3.8) is 0 Å². The fraction of sp³-hybridized carbons (Fsp3) is 0.263. The van der Waals surface area contributed by atoms with E-state index >= 15 is 0 Å². The Balaban J connectivity index is 1.70. The molecule has 2 aliphatic rings. The van der Waals surface area contributed by atoms with Gasteiger partial charge in [-0.1, -0.05) is 30.3 Å². The molecule has 1 unspecified atom stereocenters. The van der Waals surface area contributed by atoms with Gasteiger partial charge in [-0.15, -0.1) is 0 Å². The summed E-state index contributed by atoms with van der Waals surface area (Å²) in [7, 11) is 1.57. The summed E-state index contributed by atoms with van der Waals surface area (Å²) < 4.78 is 5.21. The molecule has 1 atom stereocenters. The van der Waals surface area contributed by atoms with Gasteiger partial charge in [0.2, 0.25) is 5.91 Å². The number of benzene rings is 2. The van der Waals surface area contributed by atoms with Crippen molar-refractivity contribution < 1.29 is 14.3 Å². The van der Waals surface area contributed by atoms with Gasteiger partial charge < -0.3 is 9.64 Å². The summed E-state index contributed by atoms with van der Waals surface area (Å²) >= 11 is 0. The summed E-state index contributed by atoms with van der Waals surface area (Å²) in [5.41, 5.74) is 2.88. The van der Waals surface area contributed by atoms with E-state index in [1.807, 2.05) is 23.1 Å². The van der Waals surface area contributed by atoms with Crippen LogP contribution in [0, 0.1) is 0 Å². The molecule has 5 nitrogen and oxygen atoms in total. The number of urea groups is 1. The van der Waals surface area contributed by atoms with Crippen molar-refractivity contribution in [3.05, 3.63) is 59.7 Å². The first-order chi connectivity index (χ1) is 11.7. The molecule has 0 spiro atoms. The fourth-order valence-electron chi connectivity index (χ4n) is 3.60. The smallest absolute Gasteiger partial charge is 0.331 e. The van der Waals surface area contributed by atoms with Crippen LogP contribution >= 0.6 is 0 Å². The van der Waals surface area contributed by atoms with Crippen molar-refractivity contribution in [1.29, 1.82) is 0 Å². The van der Waals surface area contributed by atoms with E-state index in [0.717, 1.165) is 12.0 Å². The van der Waals surface area contributed by atoms with Gasteiger partial charge in [0.1, 0.15) is 5.75 Å². The molecule has 1 saturated heterocycles. The molecule has 0 bridgehead atoms. The Morgan fingerprint density at radius 2 is 1.92 bits per heavy atom. The molecule has 0 aliphatic carbocycles. The Morgan fingerprint density at radius 3 is 2.75 bits per heavy atom. The molecule has 0 aromatic heterocycles. The third-order valence-electron chi connectivity index (χ3n) is 4.78. The highest BCUT2D eigenvalue weighted by Crippen LogP contribution is 2.38. The second-order valence-corrected chi connectivity index (χ2v) is 6.08. The van der Waals surface area contributed by atoms with E-state index in [-0.39, 0.29) is 18.0 Å². The highest BCUT2D eigenvalue weighted by Gasteiger charge is 2.42. The minimum atomic E-state index is -0.251. The molecular weight excluding hydrogens is 304 g/mol. The predicted octanol–water partition coefficient (Wildman–Crippen LogP) is 3.15. The van der Waals surface area contributed by atoms with E-state index in [2.05, 4.69) is 6.07 Å². The van der Waals surface area contributed by atoms with Crippen LogP contribution in [0.4, 0.5) is 10.5 Å². The van der Waals surface area contributed by atoms with E-state index in [1.54, 1.807) is 31.4 Å². The van der Waals surface area contributed by atoms with Crippen LogP contribution in [-0.4, -0.2) is 30.5 Å². The van der Waals surface area contributed by atoms with Gasteiger partial charge >= 0.3 is 6.03 Å². The van der Waals surface area contributed by atoms with E-state index in [1.165, 1.54) is 10.5 Å². The lowest BCUT2D eigenvalue weighted by atomic mass is 9.89. The minimum Gasteiger partial charge on any atom is -0.497 e. The average molecular weight is 322 g/mol. The second-order valence-electron chi connectivity index (χ2n) is 6.08. The third-order valence-corrected chi connectivity index (χ3v) is 4.78.